The van der Waals surface area contributed by atoms with Crippen LogP contribution in [0.15, 0.2) is 41.5 Å². The van der Waals surface area contributed by atoms with E-state index in [9.17, 15) is 4.79 Å². The zero-order valence-corrected chi connectivity index (χ0v) is 19.5. The molecule has 1 saturated carbocycles. The highest BCUT2D eigenvalue weighted by Crippen LogP contribution is 2.37. The smallest absolute Gasteiger partial charge is 0.251 e. The molecule has 9 heteroatoms. The molecule has 34 heavy (non-hydrogen) atoms. The van der Waals surface area contributed by atoms with E-state index in [0.717, 1.165) is 59.0 Å². The number of aryl methyl sites for hydroxylation is 2. The molecule has 5 heterocycles. The van der Waals surface area contributed by atoms with Gasteiger partial charge in [0.15, 0.2) is 5.82 Å². The summed E-state index contributed by atoms with van der Waals surface area (Å²) in [4.78, 5) is 33.9. The fourth-order valence-electron chi connectivity index (χ4n) is 5.23. The van der Waals surface area contributed by atoms with Gasteiger partial charge in [0.2, 0.25) is 0 Å². The molecule has 1 unspecified atom stereocenters. The van der Waals surface area contributed by atoms with Crippen molar-refractivity contribution < 1.29 is 0 Å². The molecule has 0 radical (unpaired) electrons. The minimum atomic E-state index is -0.0144. The molecule has 0 spiro atoms. The molecule has 2 aliphatic rings. The molecule has 0 amide bonds. The van der Waals surface area contributed by atoms with Crippen molar-refractivity contribution in [2.75, 3.05) is 18.0 Å². The molecule has 4 aromatic rings. The van der Waals surface area contributed by atoms with E-state index in [1.807, 2.05) is 38.4 Å². The average Bonchev–Trinajstić information content (AvgIpc) is 3.26. The average molecular weight is 457 g/mol. The number of hydrogen-bond donors (Lipinski definition) is 2. The number of pyridine rings is 3. The predicted molar refractivity (Wildman–Crippen MR) is 131 cm³/mol. The first-order chi connectivity index (χ1) is 16.6. The lowest BCUT2D eigenvalue weighted by Crippen LogP contribution is -2.64. The Labute approximate surface area is 197 Å². The van der Waals surface area contributed by atoms with Gasteiger partial charge in [-0.2, -0.15) is 5.10 Å². The number of rotatable bonds is 5. The zero-order chi connectivity index (χ0) is 23.2. The van der Waals surface area contributed by atoms with Gasteiger partial charge in [-0.1, -0.05) is 6.92 Å². The third-order valence-electron chi connectivity index (χ3n) is 7.20. The Hall–Kier alpha value is -3.59. The summed E-state index contributed by atoms with van der Waals surface area (Å²) in [6, 6.07) is 9.13. The maximum atomic E-state index is 12.2. The molecule has 9 nitrogen and oxygen atoms in total. The lowest BCUT2D eigenvalue weighted by atomic mass is 9.81. The maximum Gasteiger partial charge on any atom is 0.251 e. The summed E-state index contributed by atoms with van der Waals surface area (Å²) < 4.78 is 0. The van der Waals surface area contributed by atoms with Gasteiger partial charge in [-0.3, -0.25) is 24.8 Å². The zero-order valence-electron chi connectivity index (χ0n) is 19.5. The summed E-state index contributed by atoms with van der Waals surface area (Å²) in [5.41, 5.74) is 5.50. The Morgan fingerprint density at radius 2 is 1.97 bits per heavy atom. The lowest BCUT2D eigenvalue weighted by molar-refractivity contribution is 0.0659. The molecule has 4 aromatic heterocycles. The van der Waals surface area contributed by atoms with Crippen molar-refractivity contribution >= 4 is 16.7 Å². The van der Waals surface area contributed by atoms with Crippen LogP contribution in [0, 0.1) is 6.92 Å². The second-order valence-electron chi connectivity index (χ2n) is 9.28. The van der Waals surface area contributed by atoms with Gasteiger partial charge in [0.25, 0.3) is 5.56 Å². The van der Waals surface area contributed by atoms with Crippen molar-refractivity contribution in [1.29, 1.82) is 0 Å². The highest BCUT2D eigenvalue weighted by Gasteiger charge is 2.42. The summed E-state index contributed by atoms with van der Waals surface area (Å²) in [5.74, 6) is 1.42. The lowest BCUT2D eigenvalue weighted by Gasteiger charge is -2.54. The van der Waals surface area contributed by atoms with Gasteiger partial charge in [-0.25, -0.2) is 4.98 Å². The van der Waals surface area contributed by atoms with E-state index in [4.69, 9.17) is 0 Å². The monoisotopic (exact) mass is 456 g/mol. The first-order valence-electron chi connectivity index (χ1n) is 12.0. The second kappa shape index (κ2) is 8.32. The van der Waals surface area contributed by atoms with Crippen molar-refractivity contribution in [3.8, 4) is 11.5 Å². The highest BCUT2D eigenvalue weighted by atomic mass is 16.1. The maximum absolute atomic E-state index is 12.2. The Kier molecular flexibility index (Phi) is 5.13. The van der Waals surface area contributed by atoms with Crippen molar-refractivity contribution in [2.45, 2.75) is 51.7 Å². The van der Waals surface area contributed by atoms with Crippen LogP contribution in [0.4, 0.5) is 5.69 Å². The second-order valence-corrected chi connectivity index (χ2v) is 9.28. The van der Waals surface area contributed by atoms with Crippen LogP contribution in [-0.4, -0.2) is 60.2 Å². The fraction of sp³-hybridized carbons (Fsp3) is 0.400. The van der Waals surface area contributed by atoms with E-state index in [1.54, 1.807) is 0 Å². The Morgan fingerprint density at radius 3 is 2.68 bits per heavy atom. The number of nitrogens with one attached hydrogen (secondary N) is 2. The van der Waals surface area contributed by atoms with Crippen LogP contribution < -0.4 is 10.5 Å². The number of aromatic nitrogens is 6. The molecule has 0 aromatic carbocycles. The predicted octanol–water partition coefficient (Wildman–Crippen LogP) is 2.83. The SMILES string of the molecule is CCc1cc2ncc(CN3CCN(c4ccc(-c5n[nH]c(C)n5)nc4)[C@@H]4CCC43)cc2[nH]c1=O. The molecular formula is C25H28N8O. The van der Waals surface area contributed by atoms with E-state index in [0.29, 0.717) is 24.3 Å². The molecule has 6 rings (SSSR count). The quantitative estimate of drug-likeness (QED) is 0.476. The minimum Gasteiger partial charge on any atom is -0.364 e. The van der Waals surface area contributed by atoms with Gasteiger partial charge >= 0.3 is 0 Å². The highest BCUT2D eigenvalue weighted by molar-refractivity contribution is 5.74. The normalized spacial score (nSPS) is 20.4. The summed E-state index contributed by atoms with van der Waals surface area (Å²) in [6.45, 7) is 6.65. The number of aromatic amines is 2. The largest absolute Gasteiger partial charge is 0.364 e. The van der Waals surface area contributed by atoms with Gasteiger partial charge < -0.3 is 9.88 Å². The molecule has 1 aliphatic carbocycles. The number of H-pyrrole nitrogens is 2. The number of anilines is 1. The van der Waals surface area contributed by atoms with Gasteiger partial charge in [-0.15, -0.1) is 0 Å². The Balaban J connectivity index is 1.17. The first-order valence-corrected chi connectivity index (χ1v) is 12.0. The van der Waals surface area contributed by atoms with Gasteiger partial charge in [0.05, 0.1) is 22.9 Å². The van der Waals surface area contributed by atoms with Crippen molar-refractivity contribution in [2.24, 2.45) is 0 Å². The van der Waals surface area contributed by atoms with Crippen LogP contribution in [-0.2, 0) is 13.0 Å². The van der Waals surface area contributed by atoms with Crippen molar-refractivity contribution in [1.82, 2.24) is 35.0 Å². The Morgan fingerprint density at radius 1 is 1.09 bits per heavy atom. The molecule has 1 saturated heterocycles. The number of nitrogens with zero attached hydrogens (tertiary/aromatic N) is 6. The van der Waals surface area contributed by atoms with Gasteiger partial charge in [0.1, 0.15) is 11.5 Å². The third-order valence-corrected chi connectivity index (χ3v) is 7.20. The summed E-state index contributed by atoms with van der Waals surface area (Å²) in [5, 5.41) is 7.08. The molecule has 2 N–H and O–H groups in total. The van der Waals surface area contributed by atoms with E-state index >= 15 is 0 Å². The third kappa shape index (κ3) is 3.66. The van der Waals surface area contributed by atoms with Crippen LogP contribution in [0.1, 0.15) is 36.7 Å². The Bertz CT molecular complexity index is 1390. The van der Waals surface area contributed by atoms with Crippen LogP contribution in [0.25, 0.3) is 22.6 Å². The van der Waals surface area contributed by atoms with E-state index in [1.165, 1.54) is 12.8 Å². The number of hydrogen-bond acceptors (Lipinski definition) is 7. The molecule has 174 valence electrons. The van der Waals surface area contributed by atoms with Gasteiger partial charge in [-0.05, 0) is 56.0 Å². The molecule has 2 fully saturated rings. The van der Waals surface area contributed by atoms with Gasteiger partial charge in [0, 0.05) is 43.5 Å². The summed E-state index contributed by atoms with van der Waals surface area (Å²) in [6.07, 6.45) is 6.99. The van der Waals surface area contributed by atoms with E-state index in [-0.39, 0.29) is 5.56 Å². The van der Waals surface area contributed by atoms with Crippen LogP contribution in [0.5, 0.6) is 0 Å². The first kappa shape index (κ1) is 21.0. The van der Waals surface area contributed by atoms with E-state index in [2.05, 4.69) is 52.1 Å². The molecular weight excluding hydrogens is 428 g/mol. The fourth-order valence-corrected chi connectivity index (χ4v) is 5.23. The van der Waals surface area contributed by atoms with E-state index < -0.39 is 0 Å². The summed E-state index contributed by atoms with van der Waals surface area (Å²) >= 11 is 0. The standard InChI is InChI=1S/C25H28N8O/c1-3-17-11-20-21(29-25(17)34)10-16(12-26-20)14-32-8-9-33(23-7-6-22(23)32)18-4-5-19(27-13-18)24-28-15(2)30-31-24/h4-5,10-13,22-23H,3,6-9,14H2,1-2H3,(H,29,34)(H,28,30,31)/t22?,23-/m1/s1. The minimum absolute atomic E-state index is 0.0144. The summed E-state index contributed by atoms with van der Waals surface area (Å²) in [7, 11) is 0. The topological polar surface area (TPSA) is 107 Å². The number of piperazine rings is 1. The molecule has 2 atom stereocenters. The molecule has 0 bridgehead atoms. The van der Waals surface area contributed by atoms with Crippen LogP contribution in [0.3, 0.4) is 0 Å². The van der Waals surface area contributed by atoms with Crippen molar-refractivity contribution in [3.63, 3.8) is 0 Å². The molecule has 1 aliphatic heterocycles. The number of fused-ring (bicyclic) bond motifs is 2. The van der Waals surface area contributed by atoms with Crippen LogP contribution in [0.2, 0.25) is 0 Å². The van der Waals surface area contributed by atoms with Crippen molar-refractivity contribution in [3.05, 3.63) is 64.0 Å². The van der Waals surface area contributed by atoms with Crippen LogP contribution >= 0.6 is 0 Å².